The van der Waals surface area contributed by atoms with Crippen LogP contribution >= 0.6 is 11.6 Å². The summed E-state index contributed by atoms with van der Waals surface area (Å²) in [6, 6.07) is 11.9. The monoisotopic (exact) mass is 497 g/mol. The lowest BCUT2D eigenvalue weighted by Crippen LogP contribution is -2.54. The first-order valence-corrected chi connectivity index (χ1v) is 11.6. The lowest BCUT2D eigenvalue weighted by atomic mass is 10.1. The number of carboxylic acid groups (broad SMARTS) is 1. The lowest BCUT2D eigenvalue weighted by Gasteiger charge is -2.37. The van der Waals surface area contributed by atoms with Gasteiger partial charge >= 0.3 is 5.97 Å². The van der Waals surface area contributed by atoms with Crippen LogP contribution in [0.15, 0.2) is 48.8 Å². The highest BCUT2D eigenvalue weighted by Crippen LogP contribution is 2.31. The summed E-state index contributed by atoms with van der Waals surface area (Å²) in [6.45, 7) is 6.38. The number of benzene rings is 2. The fourth-order valence-electron chi connectivity index (χ4n) is 4.07. The van der Waals surface area contributed by atoms with Gasteiger partial charge in [0.2, 0.25) is 5.95 Å². The lowest BCUT2D eigenvalue weighted by molar-refractivity contribution is 0.0696. The molecule has 3 N–H and O–H groups in total. The molecule has 4 rings (SSSR count). The fraction of sp³-hybridized carbons (Fsp3) is 0.320. The number of anilines is 3. The summed E-state index contributed by atoms with van der Waals surface area (Å²) in [5.74, 6) is 0.0451. The molecule has 0 bridgehead atoms. The molecule has 10 heteroatoms. The van der Waals surface area contributed by atoms with Gasteiger partial charge in [0.15, 0.2) is 5.75 Å². The van der Waals surface area contributed by atoms with Crippen molar-refractivity contribution in [3.63, 3.8) is 0 Å². The number of nitrogens with one attached hydrogen (secondary N) is 2. The second-order valence-electron chi connectivity index (χ2n) is 8.53. The summed E-state index contributed by atoms with van der Waals surface area (Å²) >= 11 is 6.30. The molecular weight excluding hydrogens is 470 g/mol. The third-order valence-corrected chi connectivity index (χ3v) is 6.08. The number of carbonyl (C=O) groups is 1. The number of methoxy groups -OCH3 is 1. The van der Waals surface area contributed by atoms with Gasteiger partial charge in [-0.05, 0) is 50.2 Å². The van der Waals surface area contributed by atoms with Crippen LogP contribution in [0, 0.1) is 0 Å². The van der Waals surface area contributed by atoms with Crippen molar-refractivity contribution in [3.05, 3.63) is 64.9 Å². The Balaban J connectivity index is 1.37. The molecule has 3 aromatic rings. The molecule has 0 radical (unpaired) electrons. The number of aromatic carboxylic acids is 1. The van der Waals surface area contributed by atoms with Crippen LogP contribution in [0.2, 0.25) is 5.02 Å². The number of piperazine rings is 1. The van der Waals surface area contributed by atoms with Gasteiger partial charge in [0, 0.05) is 42.1 Å². The summed E-state index contributed by atoms with van der Waals surface area (Å²) in [7, 11) is 1.43. The van der Waals surface area contributed by atoms with E-state index in [0.29, 0.717) is 34.4 Å². The van der Waals surface area contributed by atoms with E-state index in [1.54, 1.807) is 12.4 Å². The molecule has 1 aliphatic rings. The molecule has 1 aromatic heterocycles. The van der Waals surface area contributed by atoms with Crippen molar-refractivity contribution in [2.75, 3.05) is 30.4 Å². The predicted molar refractivity (Wildman–Crippen MR) is 135 cm³/mol. The van der Waals surface area contributed by atoms with Gasteiger partial charge in [0.05, 0.1) is 30.1 Å². The average Bonchev–Trinajstić information content (AvgIpc) is 2.84. The first-order chi connectivity index (χ1) is 16.8. The van der Waals surface area contributed by atoms with Gasteiger partial charge in [-0.25, -0.2) is 14.8 Å². The molecule has 0 aliphatic carbocycles. The van der Waals surface area contributed by atoms with Crippen LogP contribution in [0.3, 0.4) is 0 Å². The standard InChI is InChI=1S/C25H28ClN5O4/c1-15-12-31(13-16(2)29-15)20-6-4-19(5-7-20)30-25-27-10-21(11-28-25)35-14-18-8-17(24(32)33)9-22(34-3)23(18)26/h4-11,15-16,29H,12-14H2,1-3H3,(H,32,33)(H,27,28,30)/t15-,16+. The minimum Gasteiger partial charge on any atom is -0.495 e. The zero-order valence-corrected chi connectivity index (χ0v) is 20.5. The average molecular weight is 498 g/mol. The maximum Gasteiger partial charge on any atom is 0.335 e. The first kappa shape index (κ1) is 24.6. The Kier molecular flexibility index (Phi) is 7.57. The zero-order chi connectivity index (χ0) is 24.9. The molecule has 2 heterocycles. The highest BCUT2D eigenvalue weighted by atomic mass is 35.5. The van der Waals surface area contributed by atoms with E-state index in [1.807, 2.05) is 12.1 Å². The van der Waals surface area contributed by atoms with Crippen LogP contribution in [-0.2, 0) is 6.61 Å². The van der Waals surface area contributed by atoms with Crippen molar-refractivity contribution in [2.24, 2.45) is 0 Å². The van der Waals surface area contributed by atoms with E-state index in [4.69, 9.17) is 21.1 Å². The summed E-state index contributed by atoms with van der Waals surface area (Å²) in [5.41, 5.74) is 2.61. The number of halogens is 1. The molecule has 1 saturated heterocycles. The number of ether oxygens (including phenoxy) is 2. The Bertz CT molecular complexity index is 1160. The molecule has 2 atom stereocenters. The topological polar surface area (TPSA) is 109 Å². The number of carboxylic acids is 1. The largest absolute Gasteiger partial charge is 0.495 e. The molecule has 0 unspecified atom stereocenters. The molecule has 0 spiro atoms. The molecule has 1 fully saturated rings. The van der Waals surface area contributed by atoms with E-state index in [2.05, 4.69) is 51.5 Å². The zero-order valence-electron chi connectivity index (χ0n) is 19.8. The Morgan fingerprint density at radius 2 is 1.83 bits per heavy atom. The van der Waals surface area contributed by atoms with Crippen LogP contribution < -0.4 is 25.0 Å². The number of aromatic nitrogens is 2. The fourth-order valence-corrected chi connectivity index (χ4v) is 4.31. The summed E-state index contributed by atoms with van der Waals surface area (Å²) in [6.07, 6.45) is 3.08. The molecule has 0 saturated carbocycles. The van der Waals surface area contributed by atoms with E-state index in [9.17, 15) is 9.90 Å². The quantitative estimate of drug-likeness (QED) is 0.418. The summed E-state index contributed by atoms with van der Waals surface area (Å²) in [4.78, 5) is 22.3. The van der Waals surface area contributed by atoms with Crippen molar-refractivity contribution < 1.29 is 19.4 Å². The van der Waals surface area contributed by atoms with Crippen molar-refractivity contribution >= 4 is 34.9 Å². The third-order valence-electron chi connectivity index (χ3n) is 5.65. The van der Waals surface area contributed by atoms with Crippen LogP contribution in [0.5, 0.6) is 11.5 Å². The molecule has 9 nitrogen and oxygen atoms in total. The van der Waals surface area contributed by atoms with E-state index in [1.165, 1.54) is 24.9 Å². The van der Waals surface area contributed by atoms with Gasteiger partial charge in [-0.2, -0.15) is 0 Å². The van der Waals surface area contributed by atoms with Gasteiger partial charge in [-0.3, -0.25) is 0 Å². The number of rotatable bonds is 8. The maximum absolute atomic E-state index is 11.3. The highest BCUT2D eigenvalue weighted by molar-refractivity contribution is 6.33. The van der Waals surface area contributed by atoms with Gasteiger partial charge < -0.3 is 30.1 Å². The van der Waals surface area contributed by atoms with Crippen molar-refractivity contribution in [1.29, 1.82) is 0 Å². The van der Waals surface area contributed by atoms with Crippen molar-refractivity contribution in [2.45, 2.75) is 32.5 Å². The Morgan fingerprint density at radius 3 is 2.43 bits per heavy atom. The predicted octanol–water partition coefficient (Wildman–Crippen LogP) is 4.35. The Morgan fingerprint density at radius 1 is 1.17 bits per heavy atom. The van der Waals surface area contributed by atoms with E-state index >= 15 is 0 Å². The third kappa shape index (κ3) is 6.12. The number of nitrogens with zero attached hydrogens (tertiary/aromatic N) is 3. The molecule has 0 amide bonds. The second kappa shape index (κ2) is 10.8. The maximum atomic E-state index is 11.3. The SMILES string of the molecule is COc1cc(C(=O)O)cc(COc2cnc(Nc3ccc(N4C[C@@H](C)N[C@@H](C)C4)cc3)nc2)c1Cl. The van der Waals surface area contributed by atoms with Crippen molar-refractivity contribution in [3.8, 4) is 11.5 Å². The molecule has 2 aromatic carbocycles. The molecule has 1 aliphatic heterocycles. The van der Waals surface area contributed by atoms with E-state index in [-0.39, 0.29) is 17.9 Å². The van der Waals surface area contributed by atoms with Crippen LogP contribution in [-0.4, -0.2) is 53.3 Å². The van der Waals surface area contributed by atoms with Gasteiger partial charge in [0.1, 0.15) is 12.4 Å². The molecule has 184 valence electrons. The number of hydrogen-bond acceptors (Lipinski definition) is 8. The number of hydrogen-bond donors (Lipinski definition) is 3. The van der Waals surface area contributed by atoms with Crippen LogP contribution in [0.25, 0.3) is 0 Å². The van der Waals surface area contributed by atoms with Gasteiger partial charge in [-0.15, -0.1) is 0 Å². The molecule has 35 heavy (non-hydrogen) atoms. The second-order valence-corrected chi connectivity index (χ2v) is 8.91. The normalized spacial score (nSPS) is 17.7. The highest BCUT2D eigenvalue weighted by Gasteiger charge is 2.21. The van der Waals surface area contributed by atoms with E-state index < -0.39 is 5.97 Å². The Labute approximate surface area is 209 Å². The smallest absolute Gasteiger partial charge is 0.335 e. The minimum atomic E-state index is -1.08. The van der Waals surface area contributed by atoms with Gasteiger partial charge in [0.25, 0.3) is 0 Å². The van der Waals surface area contributed by atoms with Crippen LogP contribution in [0.1, 0.15) is 29.8 Å². The summed E-state index contributed by atoms with van der Waals surface area (Å²) < 4.78 is 10.9. The summed E-state index contributed by atoms with van der Waals surface area (Å²) in [5, 5.41) is 16.3. The van der Waals surface area contributed by atoms with Crippen LogP contribution in [0.4, 0.5) is 17.3 Å². The van der Waals surface area contributed by atoms with Gasteiger partial charge in [-0.1, -0.05) is 11.6 Å². The minimum absolute atomic E-state index is 0.0389. The Hall–Kier alpha value is -3.56. The molecular formula is C25H28ClN5O4. The first-order valence-electron chi connectivity index (χ1n) is 11.2. The van der Waals surface area contributed by atoms with E-state index in [0.717, 1.165) is 18.8 Å². The van der Waals surface area contributed by atoms with Crippen molar-refractivity contribution in [1.82, 2.24) is 15.3 Å².